The van der Waals surface area contributed by atoms with E-state index in [0.717, 1.165) is 50.8 Å². The normalized spacial score (nSPS) is 11.8. The molecule has 0 atom stereocenters. The van der Waals surface area contributed by atoms with E-state index in [1.54, 1.807) is 0 Å². The van der Waals surface area contributed by atoms with E-state index in [-0.39, 0.29) is 0 Å². The summed E-state index contributed by atoms with van der Waals surface area (Å²) in [4.78, 5) is 4.70. The lowest BCUT2D eigenvalue weighted by molar-refractivity contribution is 0.216. The molecule has 0 unspecified atom stereocenters. The van der Waals surface area contributed by atoms with E-state index in [1.807, 2.05) is 0 Å². The molecule has 0 aliphatic carbocycles. The Labute approximate surface area is 124 Å². The maximum Gasteiger partial charge on any atom is 0.120 e. The van der Waals surface area contributed by atoms with E-state index in [9.17, 15) is 0 Å². The summed E-state index contributed by atoms with van der Waals surface area (Å²) in [6.45, 7) is 12.5. The molecule has 1 heterocycles. The van der Waals surface area contributed by atoms with E-state index in [2.05, 4.69) is 56.0 Å². The van der Waals surface area contributed by atoms with Crippen LogP contribution < -0.4 is 5.32 Å². The van der Waals surface area contributed by atoms with Crippen molar-refractivity contribution in [3.8, 4) is 0 Å². The van der Waals surface area contributed by atoms with Crippen molar-refractivity contribution in [1.29, 1.82) is 0 Å². The van der Waals surface area contributed by atoms with Gasteiger partial charge in [0.05, 0.1) is 13.1 Å². The van der Waals surface area contributed by atoms with Gasteiger partial charge in [0.25, 0.3) is 0 Å². The Balaban J connectivity index is 2.58. The molecule has 0 radical (unpaired) electrons. The van der Waals surface area contributed by atoms with Gasteiger partial charge < -0.3 is 14.6 Å². The van der Waals surface area contributed by atoms with E-state index < -0.39 is 0 Å². The van der Waals surface area contributed by atoms with Crippen LogP contribution in [0.4, 0.5) is 0 Å². The van der Waals surface area contributed by atoms with E-state index >= 15 is 0 Å². The summed E-state index contributed by atoms with van der Waals surface area (Å²) in [5.41, 5.74) is 1.25. The maximum absolute atomic E-state index is 5.98. The minimum Gasteiger partial charge on any atom is -0.463 e. The van der Waals surface area contributed by atoms with Crippen molar-refractivity contribution >= 4 is 0 Å². The van der Waals surface area contributed by atoms with Crippen LogP contribution in [0.15, 0.2) is 10.5 Å². The maximum atomic E-state index is 5.98. The lowest BCUT2D eigenvalue weighted by Crippen LogP contribution is -2.31. The van der Waals surface area contributed by atoms with Crippen LogP contribution >= 0.6 is 0 Å². The zero-order valence-corrected chi connectivity index (χ0v) is 13.8. The van der Waals surface area contributed by atoms with Crippen LogP contribution in [-0.2, 0) is 13.1 Å². The van der Waals surface area contributed by atoms with Gasteiger partial charge in [0.15, 0.2) is 0 Å². The van der Waals surface area contributed by atoms with Gasteiger partial charge in [-0.25, -0.2) is 0 Å². The molecule has 0 aliphatic heterocycles. The number of likely N-dealkylation sites (N-methyl/N-ethyl adjacent to an activating group) is 1. The quantitative estimate of drug-likeness (QED) is 0.714. The number of hydrogen-bond donors (Lipinski definition) is 1. The molecule has 0 spiro atoms. The fourth-order valence-corrected chi connectivity index (χ4v) is 2.23. The first-order valence-electron chi connectivity index (χ1n) is 7.72. The molecule has 0 saturated carbocycles. The summed E-state index contributed by atoms with van der Waals surface area (Å²) in [6.07, 6.45) is 1.18. The highest BCUT2D eigenvalue weighted by molar-refractivity contribution is 5.20. The molecule has 4 nitrogen and oxygen atoms in total. The first-order valence-corrected chi connectivity index (χ1v) is 7.72. The second-order valence-corrected chi connectivity index (χ2v) is 5.68. The Morgan fingerprint density at radius 2 is 1.90 bits per heavy atom. The summed E-state index contributed by atoms with van der Waals surface area (Å²) >= 11 is 0. The summed E-state index contributed by atoms with van der Waals surface area (Å²) < 4.78 is 5.98. The molecule has 0 aliphatic rings. The van der Waals surface area contributed by atoms with Crippen molar-refractivity contribution in [3.63, 3.8) is 0 Å². The van der Waals surface area contributed by atoms with Gasteiger partial charge in [0.1, 0.15) is 11.5 Å². The summed E-state index contributed by atoms with van der Waals surface area (Å²) in [7, 11) is 4.24. The predicted octanol–water partition coefficient (Wildman–Crippen LogP) is 2.47. The van der Waals surface area contributed by atoms with Gasteiger partial charge >= 0.3 is 0 Å². The number of aryl methyl sites for hydroxylation is 1. The highest BCUT2D eigenvalue weighted by Gasteiger charge is 2.11. The Hall–Kier alpha value is -0.840. The summed E-state index contributed by atoms with van der Waals surface area (Å²) in [6, 6.07) is 2.19. The second kappa shape index (κ2) is 9.16. The van der Waals surface area contributed by atoms with Crippen molar-refractivity contribution in [2.75, 3.05) is 40.3 Å². The Kier molecular flexibility index (Phi) is 7.88. The average molecular weight is 281 g/mol. The predicted molar refractivity (Wildman–Crippen MR) is 84.9 cm³/mol. The van der Waals surface area contributed by atoms with Crippen LogP contribution in [0, 0.1) is 6.92 Å². The van der Waals surface area contributed by atoms with E-state index in [0.29, 0.717) is 0 Å². The van der Waals surface area contributed by atoms with Crippen LogP contribution in [0.25, 0.3) is 0 Å². The molecule has 0 fully saturated rings. The monoisotopic (exact) mass is 281 g/mol. The van der Waals surface area contributed by atoms with Crippen molar-refractivity contribution in [1.82, 2.24) is 15.1 Å². The third-order valence-corrected chi connectivity index (χ3v) is 3.39. The van der Waals surface area contributed by atoms with Gasteiger partial charge in [-0.1, -0.05) is 13.8 Å². The van der Waals surface area contributed by atoms with Gasteiger partial charge in [-0.05, 0) is 52.2 Å². The molecule has 0 saturated heterocycles. The molecule has 1 N–H and O–H groups in total. The van der Waals surface area contributed by atoms with Crippen molar-refractivity contribution in [3.05, 3.63) is 23.2 Å². The molecular formula is C16H31N3O. The molecule has 0 aromatic carbocycles. The molecule has 1 aromatic rings. The first kappa shape index (κ1) is 17.2. The Morgan fingerprint density at radius 1 is 1.15 bits per heavy atom. The molecule has 1 rings (SSSR count). The molecular weight excluding hydrogens is 250 g/mol. The molecule has 1 aromatic heterocycles. The second-order valence-electron chi connectivity index (χ2n) is 5.68. The van der Waals surface area contributed by atoms with Crippen LogP contribution in [0.3, 0.4) is 0 Å². The fraction of sp³-hybridized carbons (Fsp3) is 0.750. The standard InChI is InChI=1S/C16H31N3O/c1-6-8-19(10-9-18(4)5)13-15-11-14(3)16(20-15)12-17-7-2/h11,17H,6-10,12-13H2,1-5H3. The molecule has 4 heteroatoms. The smallest absolute Gasteiger partial charge is 0.120 e. The zero-order chi connectivity index (χ0) is 15.0. The average Bonchev–Trinajstić information content (AvgIpc) is 2.74. The Morgan fingerprint density at radius 3 is 2.50 bits per heavy atom. The van der Waals surface area contributed by atoms with Gasteiger partial charge in [-0.3, -0.25) is 4.90 Å². The minimum absolute atomic E-state index is 0.827. The molecule has 0 bridgehead atoms. The SMILES string of the molecule is CCCN(CCN(C)C)Cc1cc(C)c(CNCC)o1. The van der Waals surface area contributed by atoms with Gasteiger partial charge in [-0.15, -0.1) is 0 Å². The van der Waals surface area contributed by atoms with Gasteiger partial charge in [0, 0.05) is 13.1 Å². The van der Waals surface area contributed by atoms with E-state index in [4.69, 9.17) is 4.42 Å². The van der Waals surface area contributed by atoms with Crippen LogP contribution in [0.1, 0.15) is 37.4 Å². The van der Waals surface area contributed by atoms with Gasteiger partial charge in [-0.2, -0.15) is 0 Å². The van der Waals surface area contributed by atoms with E-state index in [1.165, 1.54) is 12.0 Å². The van der Waals surface area contributed by atoms with Crippen LogP contribution in [0.5, 0.6) is 0 Å². The third-order valence-electron chi connectivity index (χ3n) is 3.39. The number of nitrogens with zero attached hydrogens (tertiary/aromatic N) is 2. The van der Waals surface area contributed by atoms with Crippen LogP contribution in [-0.4, -0.2) is 50.1 Å². The Bertz CT molecular complexity index is 374. The first-order chi connectivity index (χ1) is 9.56. The number of nitrogens with one attached hydrogen (secondary N) is 1. The largest absolute Gasteiger partial charge is 0.463 e. The number of hydrogen-bond acceptors (Lipinski definition) is 4. The summed E-state index contributed by atoms with van der Waals surface area (Å²) in [5.74, 6) is 2.16. The molecule has 0 amide bonds. The number of rotatable bonds is 10. The van der Waals surface area contributed by atoms with Crippen molar-refractivity contribution < 1.29 is 4.42 Å². The minimum atomic E-state index is 0.827. The highest BCUT2D eigenvalue weighted by atomic mass is 16.3. The highest BCUT2D eigenvalue weighted by Crippen LogP contribution is 2.16. The van der Waals surface area contributed by atoms with Gasteiger partial charge in [0.2, 0.25) is 0 Å². The lowest BCUT2D eigenvalue weighted by atomic mass is 10.2. The molecule has 116 valence electrons. The molecule has 20 heavy (non-hydrogen) atoms. The zero-order valence-electron chi connectivity index (χ0n) is 13.8. The summed E-state index contributed by atoms with van der Waals surface area (Å²) in [5, 5.41) is 3.32. The van der Waals surface area contributed by atoms with Crippen LogP contribution in [0.2, 0.25) is 0 Å². The topological polar surface area (TPSA) is 31.6 Å². The third kappa shape index (κ3) is 6.07. The number of furan rings is 1. The van der Waals surface area contributed by atoms with Crippen molar-refractivity contribution in [2.45, 2.75) is 40.3 Å². The fourth-order valence-electron chi connectivity index (χ4n) is 2.23. The lowest BCUT2D eigenvalue weighted by Gasteiger charge is -2.22. The van der Waals surface area contributed by atoms with Crippen molar-refractivity contribution in [2.24, 2.45) is 0 Å².